The SMILES string of the molecule is CCc1ccccc1NC(=O)CN1CCN(c2ccccc2O)CC1. The van der Waals surface area contributed by atoms with Gasteiger partial charge < -0.3 is 15.3 Å². The molecule has 0 aromatic heterocycles. The molecule has 1 saturated heterocycles. The van der Waals surface area contributed by atoms with Crippen LogP contribution in [-0.2, 0) is 11.2 Å². The summed E-state index contributed by atoms with van der Waals surface area (Å²) in [7, 11) is 0. The quantitative estimate of drug-likeness (QED) is 0.879. The first-order chi connectivity index (χ1) is 12.2. The molecular formula is C20H25N3O2. The maximum atomic E-state index is 12.3. The number of piperazine rings is 1. The maximum absolute atomic E-state index is 12.3. The van der Waals surface area contributed by atoms with Gasteiger partial charge in [0.25, 0.3) is 0 Å². The number of hydrogen-bond acceptors (Lipinski definition) is 4. The Kier molecular flexibility index (Phi) is 5.56. The van der Waals surface area contributed by atoms with Gasteiger partial charge in [0.05, 0.1) is 12.2 Å². The molecule has 0 bridgehead atoms. The molecule has 1 aliphatic heterocycles. The van der Waals surface area contributed by atoms with E-state index in [1.807, 2.05) is 42.5 Å². The van der Waals surface area contributed by atoms with Crippen molar-refractivity contribution in [2.75, 3.05) is 42.9 Å². The van der Waals surface area contributed by atoms with E-state index in [0.717, 1.165) is 49.5 Å². The smallest absolute Gasteiger partial charge is 0.238 e. The molecule has 2 aromatic rings. The van der Waals surface area contributed by atoms with Crippen molar-refractivity contribution in [3.8, 4) is 5.75 Å². The van der Waals surface area contributed by atoms with Crippen LogP contribution in [0.4, 0.5) is 11.4 Å². The zero-order valence-electron chi connectivity index (χ0n) is 14.6. The second-order valence-electron chi connectivity index (χ2n) is 6.31. The van der Waals surface area contributed by atoms with Crippen molar-refractivity contribution in [3.05, 3.63) is 54.1 Å². The fourth-order valence-electron chi connectivity index (χ4n) is 3.22. The van der Waals surface area contributed by atoms with E-state index < -0.39 is 0 Å². The molecule has 1 fully saturated rings. The molecule has 0 aliphatic carbocycles. The van der Waals surface area contributed by atoms with Crippen LogP contribution in [0.5, 0.6) is 5.75 Å². The lowest BCUT2D eigenvalue weighted by molar-refractivity contribution is -0.117. The molecule has 0 saturated carbocycles. The minimum absolute atomic E-state index is 0.0249. The Morgan fingerprint density at radius 3 is 2.44 bits per heavy atom. The van der Waals surface area contributed by atoms with Gasteiger partial charge in [-0.2, -0.15) is 0 Å². The largest absolute Gasteiger partial charge is 0.506 e. The van der Waals surface area contributed by atoms with E-state index in [1.54, 1.807) is 6.07 Å². The van der Waals surface area contributed by atoms with Crippen molar-refractivity contribution in [2.45, 2.75) is 13.3 Å². The average molecular weight is 339 g/mol. The number of benzene rings is 2. The molecule has 0 atom stereocenters. The number of para-hydroxylation sites is 3. The standard InChI is InChI=1S/C20H25N3O2/c1-2-16-7-3-4-8-17(16)21-20(25)15-22-11-13-23(14-12-22)18-9-5-6-10-19(18)24/h3-10,24H,2,11-15H2,1H3,(H,21,25). The van der Waals surface area contributed by atoms with E-state index in [2.05, 4.69) is 22.0 Å². The Labute approximate surface area is 148 Å². The number of carbonyl (C=O) groups excluding carboxylic acids is 1. The monoisotopic (exact) mass is 339 g/mol. The Morgan fingerprint density at radius 2 is 1.72 bits per heavy atom. The van der Waals surface area contributed by atoms with E-state index in [0.29, 0.717) is 12.3 Å². The highest BCUT2D eigenvalue weighted by molar-refractivity contribution is 5.93. The molecule has 1 heterocycles. The molecule has 132 valence electrons. The number of rotatable bonds is 5. The van der Waals surface area contributed by atoms with Gasteiger partial charge in [-0.15, -0.1) is 0 Å². The summed E-state index contributed by atoms with van der Waals surface area (Å²) in [6.07, 6.45) is 0.899. The number of nitrogens with zero attached hydrogens (tertiary/aromatic N) is 2. The molecule has 1 amide bonds. The molecular weight excluding hydrogens is 314 g/mol. The Bertz CT molecular complexity index is 724. The van der Waals surface area contributed by atoms with E-state index in [9.17, 15) is 9.90 Å². The minimum atomic E-state index is 0.0249. The number of anilines is 2. The number of phenols is 1. The number of phenolic OH excluding ortho intramolecular Hbond substituents is 1. The lowest BCUT2D eigenvalue weighted by Gasteiger charge is -2.35. The summed E-state index contributed by atoms with van der Waals surface area (Å²) in [6, 6.07) is 15.3. The van der Waals surface area contributed by atoms with E-state index in [4.69, 9.17) is 0 Å². The summed E-state index contributed by atoms with van der Waals surface area (Å²) in [5, 5.41) is 13.0. The summed E-state index contributed by atoms with van der Waals surface area (Å²) in [6.45, 7) is 5.69. The van der Waals surface area contributed by atoms with Crippen LogP contribution in [0.1, 0.15) is 12.5 Å². The molecule has 2 aromatic carbocycles. The summed E-state index contributed by atoms with van der Waals surface area (Å²) >= 11 is 0. The molecule has 5 nitrogen and oxygen atoms in total. The molecule has 0 radical (unpaired) electrons. The van der Waals surface area contributed by atoms with Crippen LogP contribution in [0.2, 0.25) is 0 Å². The number of aromatic hydroxyl groups is 1. The Balaban J connectivity index is 1.52. The van der Waals surface area contributed by atoms with E-state index in [1.165, 1.54) is 0 Å². The second kappa shape index (κ2) is 8.03. The van der Waals surface area contributed by atoms with Crippen molar-refractivity contribution in [3.63, 3.8) is 0 Å². The van der Waals surface area contributed by atoms with Gasteiger partial charge in [-0.1, -0.05) is 37.3 Å². The first-order valence-electron chi connectivity index (χ1n) is 8.80. The van der Waals surface area contributed by atoms with Gasteiger partial charge in [0, 0.05) is 31.9 Å². The highest BCUT2D eigenvalue weighted by Crippen LogP contribution is 2.27. The topological polar surface area (TPSA) is 55.8 Å². The van der Waals surface area contributed by atoms with Gasteiger partial charge in [-0.05, 0) is 30.2 Å². The minimum Gasteiger partial charge on any atom is -0.506 e. The molecule has 0 spiro atoms. The van der Waals surface area contributed by atoms with Gasteiger partial charge in [0.2, 0.25) is 5.91 Å². The number of nitrogens with one attached hydrogen (secondary N) is 1. The Morgan fingerprint density at radius 1 is 1.04 bits per heavy atom. The summed E-state index contributed by atoms with van der Waals surface area (Å²) < 4.78 is 0. The van der Waals surface area contributed by atoms with Crippen LogP contribution >= 0.6 is 0 Å². The van der Waals surface area contributed by atoms with Gasteiger partial charge in [0.1, 0.15) is 5.75 Å². The van der Waals surface area contributed by atoms with Crippen LogP contribution in [0, 0.1) is 0 Å². The van der Waals surface area contributed by atoms with Crippen molar-refractivity contribution in [1.29, 1.82) is 0 Å². The van der Waals surface area contributed by atoms with Crippen LogP contribution in [0.3, 0.4) is 0 Å². The third-order valence-corrected chi connectivity index (χ3v) is 4.63. The summed E-state index contributed by atoms with van der Waals surface area (Å²) in [5.74, 6) is 0.335. The lowest BCUT2D eigenvalue weighted by atomic mass is 10.1. The Hall–Kier alpha value is -2.53. The number of carbonyl (C=O) groups is 1. The molecule has 5 heteroatoms. The van der Waals surface area contributed by atoms with Crippen LogP contribution < -0.4 is 10.2 Å². The zero-order valence-corrected chi connectivity index (χ0v) is 14.6. The normalized spacial score (nSPS) is 15.2. The first kappa shape index (κ1) is 17.3. The van der Waals surface area contributed by atoms with E-state index in [-0.39, 0.29) is 5.91 Å². The van der Waals surface area contributed by atoms with Crippen molar-refractivity contribution in [2.24, 2.45) is 0 Å². The fourth-order valence-corrected chi connectivity index (χ4v) is 3.22. The highest BCUT2D eigenvalue weighted by atomic mass is 16.3. The number of amides is 1. The molecule has 2 N–H and O–H groups in total. The maximum Gasteiger partial charge on any atom is 0.238 e. The molecule has 25 heavy (non-hydrogen) atoms. The average Bonchev–Trinajstić information content (AvgIpc) is 2.63. The first-order valence-corrected chi connectivity index (χ1v) is 8.80. The van der Waals surface area contributed by atoms with Gasteiger partial charge in [-0.3, -0.25) is 9.69 Å². The number of hydrogen-bond donors (Lipinski definition) is 2. The van der Waals surface area contributed by atoms with Gasteiger partial charge >= 0.3 is 0 Å². The molecule has 1 aliphatic rings. The third-order valence-electron chi connectivity index (χ3n) is 4.63. The van der Waals surface area contributed by atoms with Crippen LogP contribution in [0.25, 0.3) is 0 Å². The molecule has 3 rings (SSSR count). The predicted molar refractivity (Wildman–Crippen MR) is 101 cm³/mol. The zero-order chi connectivity index (χ0) is 17.6. The highest BCUT2D eigenvalue weighted by Gasteiger charge is 2.20. The van der Waals surface area contributed by atoms with Crippen LogP contribution in [0.15, 0.2) is 48.5 Å². The van der Waals surface area contributed by atoms with Crippen molar-refractivity contribution < 1.29 is 9.90 Å². The lowest BCUT2D eigenvalue weighted by Crippen LogP contribution is -2.48. The molecule has 0 unspecified atom stereocenters. The summed E-state index contributed by atoms with van der Waals surface area (Å²) in [4.78, 5) is 16.7. The van der Waals surface area contributed by atoms with E-state index >= 15 is 0 Å². The number of aryl methyl sites for hydroxylation is 1. The fraction of sp³-hybridized carbons (Fsp3) is 0.350. The van der Waals surface area contributed by atoms with Crippen LogP contribution in [-0.4, -0.2) is 48.6 Å². The summed E-state index contributed by atoms with van der Waals surface area (Å²) in [5.41, 5.74) is 2.92. The third kappa shape index (κ3) is 4.31. The van der Waals surface area contributed by atoms with Gasteiger partial charge in [0.15, 0.2) is 0 Å². The predicted octanol–water partition coefficient (Wildman–Crippen LogP) is 2.72. The second-order valence-corrected chi connectivity index (χ2v) is 6.31. The van der Waals surface area contributed by atoms with Crippen molar-refractivity contribution >= 4 is 17.3 Å². The van der Waals surface area contributed by atoms with Gasteiger partial charge in [-0.25, -0.2) is 0 Å². The van der Waals surface area contributed by atoms with Crippen molar-refractivity contribution in [1.82, 2.24) is 4.90 Å².